The zero-order chi connectivity index (χ0) is 8.15. The molecular formula is C7H13FO2. The molecule has 0 aromatic heterocycles. The highest BCUT2D eigenvalue weighted by molar-refractivity contribution is 4.95. The maximum atomic E-state index is 12.2. The smallest absolute Gasteiger partial charge is 0.122 e. The summed E-state index contributed by atoms with van der Waals surface area (Å²) in [4.78, 5) is 0. The fourth-order valence-electron chi connectivity index (χ4n) is 0.477. The van der Waals surface area contributed by atoms with Crippen molar-refractivity contribution in [1.29, 1.82) is 0 Å². The van der Waals surface area contributed by atoms with Crippen LogP contribution in [0.25, 0.3) is 0 Å². The Bertz CT molecular complexity index is 121. The predicted octanol–water partition coefficient (Wildman–Crippen LogP) is 0.849. The number of hydrogen-bond acceptors (Lipinski definition) is 2. The Morgan fingerprint density at radius 1 is 1.60 bits per heavy atom. The van der Waals surface area contributed by atoms with Crippen molar-refractivity contribution < 1.29 is 14.6 Å². The van der Waals surface area contributed by atoms with E-state index in [-0.39, 0.29) is 5.92 Å². The fourth-order valence-corrected chi connectivity index (χ4v) is 0.477. The minimum atomic E-state index is -0.589. The second-order valence-electron chi connectivity index (χ2n) is 2.37. The molecule has 0 aliphatic carbocycles. The molecule has 0 saturated carbocycles. The monoisotopic (exact) mass is 148 g/mol. The molecular weight excluding hydrogens is 135 g/mol. The summed E-state index contributed by atoms with van der Waals surface area (Å²) >= 11 is 0. The summed E-state index contributed by atoms with van der Waals surface area (Å²) in [5.41, 5.74) is 0. The average molecular weight is 148 g/mol. The fraction of sp³-hybridized carbons (Fsp3) is 0.714. The molecule has 2 nitrogen and oxygen atoms in total. The highest BCUT2D eigenvalue weighted by Gasteiger charge is 2.05. The molecule has 0 bridgehead atoms. The van der Waals surface area contributed by atoms with Gasteiger partial charge in [-0.3, -0.25) is 0 Å². The summed E-state index contributed by atoms with van der Waals surface area (Å²) in [5, 5.41) is 17.1. The van der Waals surface area contributed by atoms with Gasteiger partial charge in [0.15, 0.2) is 0 Å². The molecule has 2 N–H and O–H groups in total. The third kappa shape index (κ3) is 3.58. The Morgan fingerprint density at radius 3 is 2.40 bits per heavy atom. The van der Waals surface area contributed by atoms with Gasteiger partial charge in [0.05, 0.1) is 12.7 Å². The van der Waals surface area contributed by atoms with Gasteiger partial charge >= 0.3 is 0 Å². The lowest BCUT2D eigenvalue weighted by molar-refractivity contribution is 0.155. The van der Waals surface area contributed by atoms with Gasteiger partial charge in [-0.05, 0) is 13.0 Å². The summed E-state index contributed by atoms with van der Waals surface area (Å²) in [6, 6.07) is 0. The molecule has 60 valence electrons. The molecule has 0 saturated heterocycles. The SMILES string of the molecule is CC(O)C(C)/C=C(/F)CO. The molecule has 0 fully saturated rings. The molecule has 2 unspecified atom stereocenters. The van der Waals surface area contributed by atoms with Gasteiger partial charge in [0.2, 0.25) is 0 Å². The molecule has 0 radical (unpaired) electrons. The molecule has 0 aromatic carbocycles. The van der Waals surface area contributed by atoms with Crippen LogP contribution >= 0.6 is 0 Å². The first-order chi connectivity index (χ1) is 4.57. The third-order valence-corrected chi connectivity index (χ3v) is 1.36. The molecule has 2 atom stereocenters. The van der Waals surface area contributed by atoms with Gasteiger partial charge in [0.1, 0.15) is 5.83 Å². The molecule has 0 spiro atoms. The van der Waals surface area contributed by atoms with Crippen LogP contribution in [-0.4, -0.2) is 22.9 Å². The Balaban J connectivity index is 3.86. The second-order valence-corrected chi connectivity index (χ2v) is 2.37. The number of aliphatic hydroxyl groups excluding tert-OH is 2. The minimum Gasteiger partial charge on any atom is -0.393 e. The number of rotatable bonds is 3. The van der Waals surface area contributed by atoms with E-state index in [1.165, 1.54) is 6.08 Å². The Morgan fingerprint density at radius 2 is 2.10 bits per heavy atom. The zero-order valence-corrected chi connectivity index (χ0v) is 6.21. The van der Waals surface area contributed by atoms with E-state index in [0.29, 0.717) is 0 Å². The van der Waals surface area contributed by atoms with Gasteiger partial charge in [-0.25, -0.2) is 4.39 Å². The first kappa shape index (κ1) is 9.59. The standard InChI is InChI=1S/C7H13FO2/c1-5(6(2)10)3-7(8)4-9/h3,5-6,9-10H,4H2,1-2H3/b7-3+. The van der Waals surface area contributed by atoms with Gasteiger partial charge in [-0.15, -0.1) is 0 Å². The van der Waals surface area contributed by atoms with Crippen molar-refractivity contribution in [2.75, 3.05) is 6.61 Å². The van der Waals surface area contributed by atoms with Gasteiger partial charge in [-0.1, -0.05) is 6.92 Å². The summed E-state index contributed by atoms with van der Waals surface area (Å²) < 4.78 is 12.2. The lowest BCUT2D eigenvalue weighted by Gasteiger charge is -2.08. The van der Waals surface area contributed by atoms with Gasteiger partial charge in [-0.2, -0.15) is 0 Å². The molecule has 0 amide bonds. The molecule has 3 heteroatoms. The maximum absolute atomic E-state index is 12.2. The van der Waals surface area contributed by atoms with Crippen LogP contribution in [0.5, 0.6) is 0 Å². The van der Waals surface area contributed by atoms with E-state index in [1.54, 1.807) is 13.8 Å². The first-order valence-corrected chi connectivity index (χ1v) is 3.23. The van der Waals surface area contributed by atoms with Crippen molar-refractivity contribution in [2.24, 2.45) is 5.92 Å². The van der Waals surface area contributed by atoms with Gasteiger partial charge in [0, 0.05) is 5.92 Å². The summed E-state index contributed by atoms with van der Waals surface area (Å²) in [6.45, 7) is 2.67. The van der Waals surface area contributed by atoms with Crippen molar-refractivity contribution >= 4 is 0 Å². The molecule has 0 aliphatic heterocycles. The summed E-state index contributed by atoms with van der Waals surface area (Å²) in [5.74, 6) is -0.833. The minimum absolute atomic E-state index is 0.243. The van der Waals surface area contributed by atoms with Crippen LogP contribution in [0.1, 0.15) is 13.8 Å². The normalized spacial score (nSPS) is 18.7. The average Bonchev–Trinajstić information content (AvgIpc) is 1.87. The largest absolute Gasteiger partial charge is 0.393 e. The highest BCUT2D eigenvalue weighted by atomic mass is 19.1. The third-order valence-electron chi connectivity index (χ3n) is 1.36. The molecule has 0 heterocycles. The Kier molecular flexibility index (Phi) is 4.23. The van der Waals surface area contributed by atoms with Crippen molar-refractivity contribution in [3.05, 3.63) is 11.9 Å². The van der Waals surface area contributed by atoms with E-state index in [1.807, 2.05) is 0 Å². The van der Waals surface area contributed by atoms with E-state index >= 15 is 0 Å². The molecule has 0 aliphatic rings. The Labute approximate surface area is 60.0 Å². The topological polar surface area (TPSA) is 40.5 Å². The number of hydrogen-bond donors (Lipinski definition) is 2. The van der Waals surface area contributed by atoms with Crippen molar-refractivity contribution in [3.8, 4) is 0 Å². The Hall–Kier alpha value is -0.410. The lowest BCUT2D eigenvalue weighted by Crippen LogP contribution is -2.10. The predicted molar refractivity (Wildman–Crippen MR) is 37.1 cm³/mol. The zero-order valence-electron chi connectivity index (χ0n) is 6.21. The van der Waals surface area contributed by atoms with E-state index in [9.17, 15) is 4.39 Å². The summed E-state index contributed by atoms with van der Waals surface area (Å²) in [7, 11) is 0. The first-order valence-electron chi connectivity index (χ1n) is 3.23. The second kappa shape index (κ2) is 4.41. The van der Waals surface area contributed by atoms with Crippen molar-refractivity contribution in [1.82, 2.24) is 0 Å². The van der Waals surface area contributed by atoms with E-state index in [2.05, 4.69) is 0 Å². The molecule has 0 rings (SSSR count). The van der Waals surface area contributed by atoms with E-state index in [4.69, 9.17) is 10.2 Å². The van der Waals surface area contributed by atoms with Crippen LogP contribution in [0, 0.1) is 5.92 Å². The number of halogens is 1. The van der Waals surface area contributed by atoms with Crippen LogP contribution in [0.4, 0.5) is 4.39 Å². The highest BCUT2D eigenvalue weighted by Crippen LogP contribution is 2.07. The van der Waals surface area contributed by atoms with Crippen LogP contribution in [0.2, 0.25) is 0 Å². The van der Waals surface area contributed by atoms with E-state index in [0.717, 1.165) is 0 Å². The van der Waals surface area contributed by atoms with Crippen molar-refractivity contribution in [3.63, 3.8) is 0 Å². The maximum Gasteiger partial charge on any atom is 0.122 e. The van der Waals surface area contributed by atoms with E-state index < -0.39 is 18.5 Å². The van der Waals surface area contributed by atoms with Crippen LogP contribution in [0.3, 0.4) is 0 Å². The van der Waals surface area contributed by atoms with Gasteiger partial charge < -0.3 is 10.2 Å². The summed E-state index contributed by atoms with van der Waals surface area (Å²) in [6.07, 6.45) is 0.641. The lowest BCUT2D eigenvalue weighted by atomic mass is 10.1. The van der Waals surface area contributed by atoms with Crippen LogP contribution < -0.4 is 0 Å². The number of aliphatic hydroxyl groups is 2. The van der Waals surface area contributed by atoms with Crippen molar-refractivity contribution in [2.45, 2.75) is 20.0 Å². The van der Waals surface area contributed by atoms with Gasteiger partial charge in [0.25, 0.3) is 0 Å². The molecule has 0 aromatic rings. The van der Waals surface area contributed by atoms with Crippen LogP contribution in [0.15, 0.2) is 11.9 Å². The molecule has 10 heavy (non-hydrogen) atoms. The van der Waals surface area contributed by atoms with Crippen LogP contribution in [-0.2, 0) is 0 Å². The quantitative estimate of drug-likeness (QED) is 0.623.